The molecule has 8 heteroatoms. The second-order valence-electron chi connectivity index (χ2n) is 6.59. The van der Waals surface area contributed by atoms with Crippen LogP contribution in [0.15, 0.2) is 48.9 Å². The third-order valence-corrected chi connectivity index (χ3v) is 4.68. The summed E-state index contributed by atoms with van der Waals surface area (Å²) in [5.74, 6) is 2.99. The smallest absolute Gasteiger partial charge is 0.229 e. The molecule has 0 saturated carbocycles. The minimum Gasteiger partial charge on any atom is -0.495 e. The van der Waals surface area contributed by atoms with Crippen LogP contribution in [0.25, 0.3) is 0 Å². The summed E-state index contributed by atoms with van der Waals surface area (Å²) in [7, 11) is 1.66. The fourth-order valence-electron chi connectivity index (χ4n) is 3.22. The average Bonchev–Trinajstić information content (AvgIpc) is 2.75. The highest BCUT2D eigenvalue weighted by atomic mass is 16.5. The van der Waals surface area contributed by atoms with Crippen LogP contribution in [0.5, 0.6) is 5.75 Å². The number of ether oxygens (including phenoxy) is 1. The summed E-state index contributed by atoms with van der Waals surface area (Å²) in [6, 6.07) is 9.74. The monoisotopic (exact) mass is 377 g/mol. The number of rotatable bonds is 5. The maximum Gasteiger partial charge on any atom is 0.229 e. The lowest BCUT2D eigenvalue weighted by atomic mass is 10.2. The summed E-state index contributed by atoms with van der Waals surface area (Å²) in [6.45, 7) is 5.44. The lowest BCUT2D eigenvalue weighted by Gasteiger charge is -2.35. The lowest BCUT2D eigenvalue weighted by molar-refractivity contribution is 0.416. The standard InChI is InChI=1S/C20H23N7O/c1-15-4-5-17(28-2)16(14-15)24-19-21-9-6-18(25-19)26-10-12-27(13-11-26)20-22-7-3-8-23-20/h3-9,14H,10-13H2,1-2H3,(H,21,24,25). The van der Waals surface area contributed by atoms with Crippen molar-refractivity contribution in [3.05, 3.63) is 54.5 Å². The van der Waals surface area contributed by atoms with Crippen LogP contribution in [0.4, 0.5) is 23.4 Å². The van der Waals surface area contributed by atoms with Gasteiger partial charge in [0, 0.05) is 44.8 Å². The van der Waals surface area contributed by atoms with Crippen molar-refractivity contribution in [2.24, 2.45) is 0 Å². The van der Waals surface area contributed by atoms with E-state index in [9.17, 15) is 0 Å². The van der Waals surface area contributed by atoms with Crippen LogP contribution in [0.3, 0.4) is 0 Å². The van der Waals surface area contributed by atoms with Crippen molar-refractivity contribution in [2.75, 3.05) is 48.4 Å². The van der Waals surface area contributed by atoms with Gasteiger partial charge in [-0.2, -0.15) is 4.98 Å². The fourth-order valence-corrected chi connectivity index (χ4v) is 3.22. The van der Waals surface area contributed by atoms with Gasteiger partial charge in [-0.05, 0) is 36.8 Å². The number of anilines is 4. The Hall–Kier alpha value is -3.42. The second kappa shape index (κ2) is 8.08. The van der Waals surface area contributed by atoms with Crippen LogP contribution in [-0.2, 0) is 0 Å². The van der Waals surface area contributed by atoms with Crippen molar-refractivity contribution in [1.82, 2.24) is 19.9 Å². The molecule has 1 aliphatic heterocycles. The van der Waals surface area contributed by atoms with Gasteiger partial charge in [0.25, 0.3) is 0 Å². The predicted molar refractivity (Wildman–Crippen MR) is 110 cm³/mol. The Kier molecular flexibility index (Phi) is 5.18. The number of nitrogens with one attached hydrogen (secondary N) is 1. The summed E-state index contributed by atoms with van der Waals surface area (Å²) in [6.07, 6.45) is 5.33. The molecule has 1 fully saturated rings. The first-order chi connectivity index (χ1) is 13.7. The molecule has 2 aromatic heterocycles. The van der Waals surface area contributed by atoms with Crippen LogP contribution >= 0.6 is 0 Å². The number of aryl methyl sites for hydroxylation is 1. The molecule has 0 atom stereocenters. The summed E-state index contributed by atoms with van der Waals surface area (Å²) < 4.78 is 5.43. The van der Waals surface area contributed by atoms with E-state index in [0.717, 1.165) is 54.9 Å². The van der Waals surface area contributed by atoms with Gasteiger partial charge >= 0.3 is 0 Å². The lowest BCUT2D eigenvalue weighted by Crippen LogP contribution is -2.47. The van der Waals surface area contributed by atoms with E-state index in [-0.39, 0.29) is 0 Å². The minimum atomic E-state index is 0.551. The summed E-state index contributed by atoms with van der Waals surface area (Å²) in [5.41, 5.74) is 1.99. The Bertz CT molecular complexity index is 927. The number of hydrogen-bond acceptors (Lipinski definition) is 8. The van der Waals surface area contributed by atoms with Gasteiger partial charge in [-0.25, -0.2) is 15.0 Å². The Morgan fingerprint density at radius 3 is 2.43 bits per heavy atom. The highest BCUT2D eigenvalue weighted by Crippen LogP contribution is 2.28. The van der Waals surface area contributed by atoms with Gasteiger partial charge in [-0.1, -0.05) is 6.07 Å². The first-order valence-corrected chi connectivity index (χ1v) is 9.24. The molecule has 1 saturated heterocycles. The molecule has 28 heavy (non-hydrogen) atoms. The van der Waals surface area contributed by atoms with Crippen molar-refractivity contribution in [3.63, 3.8) is 0 Å². The second-order valence-corrected chi connectivity index (χ2v) is 6.59. The highest BCUT2D eigenvalue weighted by Gasteiger charge is 2.20. The minimum absolute atomic E-state index is 0.551. The molecular formula is C20H23N7O. The fraction of sp³-hybridized carbons (Fsp3) is 0.300. The van der Waals surface area contributed by atoms with Gasteiger partial charge in [0.05, 0.1) is 12.8 Å². The molecule has 0 unspecified atom stereocenters. The van der Waals surface area contributed by atoms with Crippen molar-refractivity contribution in [3.8, 4) is 5.75 Å². The number of benzene rings is 1. The summed E-state index contributed by atoms with van der Waals surface area (Å²) >= 11 is 0. The van der Waals surface area contributed by atoms with E-state index in [2.05, 4.69) is 30.1 Å². The molecule has 4 rings (SSSR count). The molecule has 1 N–H and O–H groups in total. The quantitative estimate of drug-likeness (QED) is 0.727. The van der Waals surface area contributed by atoms with Crippen molar-refractivity contribution in [2.45, 2.75) is 6.92 Å². The zero-order chi connectivity index (χ0) is 19.3. The third-order valence-electron chi connectivity index (χ3n) is 4.68. The number of nitrogens with zero attached hydrogens (tertiary/aromatic N) is 6. The molecule has 1 aliphatic rings. The molecule has 0 spiro atoms. The van der Waals surface area contributed by atoms with E-state index < -0.39 is 0 Å². The number of hydrogen-bond donors (Lipinski definition) is 1. The van der Waals surface area contributed by atoms with Gasteiger partial charge in [0.2, 0.25) is 11.9 Å². The van der Waals surface area contributed by atoms with E-state index in [0.29, 0.717) is 5.95 Å². The van der Waals surface area contributed by atoms with E-state index in [1.54, 1.807) is 25.7 Å². The zero-order valence-corrected chi connectivity index (χ0v) is 16.0. The molecular weight excluding hydrogens is 354 g/mol. The normalized spacial score (nSPS) is 14.1. The summed E-state index contributed by atoms with van der Waals surface area (Å²) in [4.78, 5) is 22.2. The summed E-state index contributed by atoms with van der Waals surface area (Å²) in [5, 5.41) is 3.27. The predicted octanol–water partition coefficient (Wildman–Crippen LogP) is 2.65. The molecule has 0 amide bonds. The Balaban J connectivity index is 1.45. The maximum absolute atomic E-state index is 5.43. The van der Waals surface area contributed by atoms with Gasteiger partial charge in [0.15, 0.2) is 0 Å². The van der Waals surface area contributed by atoms with Crippen LogP contribution in [0.2, 0.25) is 0 Å². The first kappa shape index (κ1) is 18.0. The van der Waals surface area contributed by atoms with Crippen LogP contribution in [0.1, 0.15) is 5.56 Å². The third kappa shape index (κ3) is 3.95. The molecule has 3 heterocycles. The van der Waals surface area contributed by atoms with E-state index in [1.807, 2.05) is 37.3 Å². The first-order valence-electron chi connectivity index (χ1n) is 9.24. The molecule has 0 bridgehead atoms. The largest absolute Gasteiger partial charge is 0.495 e. The molecule has 3 aromatic rings. The molecule has 144 valence electrons. The van der Waals surface area contributed by atoms with E-state index >= 15 is 0 Å². The van der Waals surface area contributed by atoms with Gasteiger partial charge in [0.1, 0.15) is 11.6 Å². The van der Waals surface area contributed by atoms with Crippen LogP contribution in [0, 0.1) is 6.92 Å². The van der Waals surface area contributed by atoms with Crippen LogP contribution in [-0.4, -0.2) is 53.2 Å². The molecule has 1 aromatic carbocycles. The topological polar surface area (TPSA) is 79.3 Å². The number of piperazine rings is 1. The Morgan fingerprint density at radius 1 is 0.929 bits per heavy atom. The van der Waals surface area contributed by atoms with Gasteiger partial charge in [-0.15, -0.1) is 0 Å². The Labute approximate surface area is 164 Å². The van der Waals surface area contributed by atoms with E-state index in [4.69, 9.17) is 9.72 Å². The maximum atomic E-state index is 5.43. The van der Waals surface area contributed by atoms with Gasteiger partial charge in [-0.3, -0.25) is 0 Å². The van der Waals surface area contributed by atoms with Crippen LogP contribution < -0.4 is 19.9 Å². The molecule has 8 nitrogen and oxygen atoms in total. The molecule has 0 aliphatic carbocycles. The van der Waals surface area contributed by atoms with Crippen molar-refractivity contribution >= 4 is 23.4 Å². The zero-order valence-electron chi connectivity index (χ0n) is 16.0. The highest BCUT2D eigenvalue weighted by molar-refractivity contribution is 5.64. The number of aromatic nitrogens is 4. The average molecular weight is 377 g/mol. The van der Waals surface area contributed by atoms with Crippen molar-refractivity contribution < 1.29 is 4.74 Å². The molecule has 0 radical (unpaired) electrons. The number of methoxy groups -OCH3 is 1. The Morgan fingerprint density at radius 2 is 1.68 bits per heavy atom. The van der Waals surface area contributed by atoms with Crippen molar-refractivity contribution in [1.29, 1.82) is 0 Å². The van der Waals surface area contributed by atoms with E-state index in [1.165, 1.54) is 0 Å². The van der Waals surface area contributed by atoms with Gasteiger partial charge < -0.3 is 19.9 Å². The SMILES string of the molecule is COc1ccc(C)cc1Nc1nccc(N2CCN(c3ncccn3)CC2)n1.